The molecule has 0 radical (unpaired) electrons. The van der Waals surface area contributed by atoms with Gasteiger partial charge in [-0.2, -0.15) is 0 Å². The minimum Gasteiger partial charge on any atom is -0.490 e. The fourth-order valence-electron chi connectivity index (χ4n) is 2.83. The van der Waals surface area contributed by atoms with Crippen molar-refractivity contribution in [3.8, 4) is 5.75 Å². The molecule has 6 nitrogen and oxygen atoms in total. The van der Waals surface area contributed by atoms with Crippen LogP contribution in [0.2, 0.25) is 0 Å². The number of halogens is 1. The first kappa shape index (κ1) is 22.3. The van der Waals surface area contributed by atoms with Crippen LogP contribution in [-0.2, 0) is 10.0 Å². The number of rotatable bonds is 9. The summed E-state index contributed by atoms with van der Waals surface area (Å²) in [5.74, 6) is -0.586. The first-order valence-electron chi connectivity index (χ1n) is 9.69. The number of nitrogens with one attached hydrogen (secondary N) is 1. The zero-order chi connectivity index (χ0) is 22.3. The third kappa shape index (κ3) is 5.61. The molecule has 0 aliphatic heterocycles. The largest absolute Gasteiger partial charge is 0.490 e. The maximum atomic E-state index is 13.5. The Labute approximate surface area is 181 Å². The molecule has 31 heavy (non-hydrogen) atoms. The van der Waals surface area contributed by atoms with E-state index < -0.39 is 15.8 Å². The highest BCUT2D eigenvalue weighted by molar-refractivity contribution is 7.92. The highest BCUT2D eigenvalue weighted by Gasteiger charge is 2.21. The van der Waals surface area contributed by atoms with Crippen LogP contribution in [0.3, 0.4) is 0 Å². The molecule has 3 aromatic rings. The number of hydrogen-bond donors (Lipinski definition) is 1. The van der Waals surface area contributed by atoms with Crippen molar-refractivity contribution in [3.63, 3.8) is 0 Å². The number of benzene rings is 3. The van der Waals surface area contributed by atoms with E-state index in [-0.39, 0.29) is 23.2 Å². The first-order chi connectivity index (χ1) is 14.9. The summed E-state index contributed by atoms with van der Waals surface area (Å²) in [6, 6.07) is 20.6. The van der Waals surface area contributed by atoms with Crippen molar-refractivity contribution >= 4 is 21.6 Å². The number of amides is 1. The molecule has 0 unspecified atom stereocenters. The summed E-state index contributed by atoms with van der Waals surface area (Å²) in [5.41, 5.74) is 0.887. The third-order valence-corrected chi connectivity index (χ3v) is 6.40. The first-order valence-corrected chi connectivity index (χ1v) is 11.1. The van der Waals surface area contributed by atoms with Crippen LogP contribution in [0.1, 0.15) is 16.8 Å². The van der Waals surface area contributed by atoms with E-state index in [0.717, 1.165) is 0 Å². The molecule has 3 aromatic carbocycles. The molecule has 0 aromatic heterocycles. The Morgan fingerprint density at radius 2 is 1.61 bits per heavy atom. The van der Waals surface area contributed by atoms with Crippen molar-refractivity contribution < 1.29 is 22.3 Å². The number of hydrogen-bond acceptors (Lipinski definition) is 4. The van der Waals surface area contributed by atoms with Crippen molar-refractivity contribution in [2.75, 3.05) is 24.5 Å². The quantitative estimate of drug-likeness (QED) is 0.511. The molecule has 8 heteroatoms. The monoisotopic (exact) mass is 442 g/mol. The molecule has 0 saturated carbocycles. The molecule has 0 saturated heterocycles. The fraction of sp³-hybridized carbons (Fsp3) is 0.174. The van der Waals surface area contributed by atoms with Gasteiger partial charge in [-0.25, -0.2) is 12.8 Å². The molecule has 1 amide bonds. The number of sulfonamides is 1. The topological polar surface area (TPSA) is 75.7 Å². The van der Waals surface area contributed by atoms with Crippen molar-refractivity contribution in [1.82, 2.24) is 5.32 Å². The van der Waals surface area contributed by atoms with Gasteiger partial charge in [0, 0.05) is 19.2 Å². The number of ether oxygens (including phenoxy) is 1. The van der Waals surface area contributed by atoms with Crippen molar-refractivity contribution in [2.45, 2.75) is 11.3 Å². The Morgan fingerprint density at radius 1 is 0.968 bits per heavy atom. The molecular weight excluding hydrogens is 419 g/mol. The molecular formula is C23H23FN2O4S. The second kappa shape index (κ2) is 10.1. The Bertz CT molecular complexity index is 1120. The summed E-state index contributed by atoms with van der Waals surface area (Å²) >= 11 is 0. The van der Waals surface area contributed by atoms with Crippen LogP contribution in [0, 0.1) is 5.82 Å². The molecule has 162 valence electrons. The molecule has 0 aliphatic carbocycles. The lowest BCUT2D eigenvalue weighted by Crippen LogP contribution is -2.27. The molecule has 0 bridgehead atoms. The fourth-order valence-corrected chi connectivity index (χ4v) is 4.03. The van der Waals surface area contributed by atoms with E-state index in [1.165, 1.54) is 41.7 Å². The van der Waals surface area contributed by atoms with Crippen molar-refractivity contribution in [2.24, 2.45) is 0 Å². The number of carbonyl (C=O) groups is 1. The van der Waals surface area contributed by atoms with E-state index in [0.29, 0.717) is 24.2 Å². The smallest absolute Gasteiger partial charge is 0.264 e. The van der Waals surface area contributed by atoms with Gasteiger partial charge in [0.2, 0.25) is 0 Å². The van der Waals surface area contributed by atoms with E-state index in [1.54, 1.807) is 42.5 Å². The second-order valence-corrected chi connectivity index (χ2v) is 8.69. The summed E-state index contributed by atoms with van der Waals surface area (Å²) in [4.78, 5) is 12.4. The van der Waals surface area contributed by atoms with Crippen LogP contribution >= 0.6 is 0 Å². The lowest BCUT2D eigenvalue weighted by molar-refractivity contribution is 0.0951. The highest BCUT2D eigenvalue weighted by atomic mass is 32.2. The van der Waals surface area contributed by atoms with Gasteiger partial charge in [0.05, 0.1) is 17.2 Å². The molecule has 1 N–H and O–H groups in total. The number of carbonyl (C=O) groups excluding carboxylic acids is 1. The Kier molecular flexibility index (Phi) is 7.25. The van der Waals surface area contributed by atoms with Gasteiger partial charge in [0.15, 0.2) is 11.6 Å². The zero-order valence-corrected chi connectivity index (χ0v) is 17.8. The molecule has 0 fully saturated rings. The van der Waals surface area contributed by atoms with Crippen LogP contribution in [0.25, 0.3) is 0 Å². The van der Waals surface area contributed by atoms with Crippen LogP contribution in [-0.4, -0.2) is 34.5 Å². The number of nitrogens with zero attached hydrogens (tertiary/aromatic N) is 1. The van der Waals surface area contributed by atoms with Gasteiger partial charge in [-0.05, 0) is 55.0 Å². The Balaban J connectivity index is 1.52. The minimum absolute atomic E-state index is 0.0914. The zero-order valence-electron chi connectivity index (χ0n) is 17.0. The summed E-state index contributed by atoms with van der Waals surface area (Å²) in [6.07, 6.45) is 0.494. The average Bonchev–Trinajstić information content (AvgIpc) is 2.80. The van der Waals surface area contributed by atoms with E-state index in [9.17, 15) is 17.6 Å². The highest BCUT2D eigenvalue weighted by Crippen LogP contribution is 2.22. The van der Waals surface area contributed by atoms with Gasteiger partial charge in [0.1, 0.15) is 0 Å². The lowest BCUT2D eigenvalue weighted by atomic mass is 10.2. The maximum Gasteiger partial charge on any atom is 0.264 e. The summed E-state index contributed by atoms with van der Waals surface area (Å²) < 4.78 is 45.6. The normalized spacial score (nSPS) is 11.0. The predicted octanol–water partition coefficient (Wildman–Crippen LogP) is 3.85. The van der Waals surface area contributed by atoms with E-state index in [4.69, 9.17) is 4.74 Å². The number of para-hydroxylation sites is 2. The van der Waals surface area contributed by atoms with Crippen molar-refractivity contribution in [1.29, 1.82) is 0 Å². The summed E-state index contributed by atoms with van der Waals surface area (Å²) in [7, 11) is -2.25. The third-order valence-electron chi connectivity index (χ3n) is 4.60. The SMILES string of the molecule is CN(c1ccccc1)S(=O)(=O)c1ccc(C(=O)NCCCOc2ccccc2F)cc1. The molecule has 0 aliphatic rings. The van der Waals surface area contributed by atoms with Gasteiger partial charge in [0.25, 0.3) is 15.9 Å². The number of anilines is 1. The Morgan fingerprint density at radius 3 is 2.29 bits per heavy atom. The summed E-state index contributed by atoms with van der Waals surface area (Å²) in [6.45, 7) is 0.592. The van der Waals surface area contributed by atoms with Crippen LogP contribution in [0.15, 0.2) is 83.8 Å². The van der Waals surface area contributed by atoms with Gasteiger partial charge < -0.3 is 10.1 Å². The lowest BCUT2D eigenvalue weighted by Gasteiger charge is -2.19. The molecule has 3 rings (SSSR count). The Hall–Kier alpha value is -3.39. The summed E-state index contributed by atoms with van der Waals surface area (Å²) in [5, 5.41) is 2.73. The molecule has 0 heterocycles. The van der Waals surface area contributed by atoms with Gasteiger partial charge in [-0.3, -0.25) is 9.10 Å². The molecule has 0 atom stereocenters. The second-order valence-electron chi connectivity index (χ2n) is 6.72. The van der Waals surface area contributed by atoms with Gasteiger partial charge >= 0.3 is 0 Å². The van der Waals surface area contributed by atoms with Crippen LogP contribution in [0.4, 0.5) is 10.1 Å². The predicted molar refractivity (Wildman–Crippen MR) is 117 cm³/mol. The van der Waals surface area contributed by atoms with Crippen LogP contribution in [0.5, 0.6) is 5.75 Å². The van der Waals surface area contributed by atoms with Crippen molar-refractivity contribution in [3.05, 3.63) is 90.2 Å². The maximum absolute atomic E-state index is 13.5. The average molecular weight is 443 g/mol. The minimum atomic E-state index is -3.73. The molecule has 0 spiro atoms. The van der Waals surface area contributed by atoms with E-state index in [2.05, 4.69) is 5.32 Å². The van der Waals surface area contributed by atoms with E-state index >= 15 is 0 Å². The van der Waals surface area contributed by atoms with Gasteiger partial charge in [-0.15, -0.1) is 0 Å². The van der Waals surface area contributed by atoms with E-state index in [1.807, 2.05) is 6.07 Å². The van der Waals surface area contributed by atoms with Gasteiger partial charge in [-0.1, -0.05) is 30.3 Å². The standard InChI is InChI=1S/C23H23FN2O4S/c1-26(19-8-3-2-4-9-19)31(28,29)20-14-12-18(13-15-20)23(27)25-16-7-17-30-22-11-6-5-10-21(22)24/h2-6,8-15H,7,16-17H2,1H3,(H,25,27). The van der Waals surface area contributed by atoms with Crippen LogP contribution < -0.4 is 14.4 Å².